The van der Waals surface area contributed by atoms with Crippen LogP contribution in [0.25, 0.3) is 0 Å². The van der Waals surface area contributed by atoms with E-state index >= 15 is 0 Å². The van der Waals surface area contributed by atoms with Gasteiger partial charge in [0.05, 0.1) is 0 Å². The number of benzene rings is 2. The number of nitrogens with one attached hydrogen (secondary N) is 1. The van der Waals surface area contributed by atoms with Crippen LogP contribution in [0.5, 0.6) is 5.75 Å². The molecule has 116 valence electrons. The van der Waals surface area contributed by atoms with Crippen LogP contribution in [0.15, 0.2) is 34.8 Å². The van der Waals surface area contributed by atoms with Crippen LogP contribution in [0, 0.1) is 20.8 Å². The molecule has 1 N–H and O–H groups in total. The lowest BCUT2D eigenvalue weighted by molar-refractivity contribution is -0.118. The minimum Gasteiger partial charge on any atom is -0.484 e. The molecule has 0 aliphatic heterocycles. The third-order valence-corrected chi connectivity index (χ3v) is 4.98. The van der Waals surface area contributed by atoms with E-state index in [1.807, 2.05) is 39.0 Å². The molecule has 22 heavy (non-hydrogen) atoms. The molecular formula is C17H17BrClNO2. The Balaban J connectivity index is 2.00. The van der Waals surface area contributed by atoms with E-state index in [2.05, 4.69) is 21.2 Å². The Labute approximate surface area is 143 Å². The molecule has 0 atom stereocenters. The minimum atomic E-state index is -0.219. The quantitative estimate of drug-likeness (QED) is 0.804. The fourth-order valence-corrected chi connectivity index (χ4v) is 2.47. The number of carbonyl (C=O) groups is 1. The van der Waals surface area contributed by atoms with Crippen molar-refractivity contribution in [3.8, 4) is 5.75 Å². The first-order valence-electron chi connectivity index (χ1n) is 6.83. The van der Waals surface area contributed by atoms with E-state index < -0.39 is 0 Å². The highest BCUT2D eigenvalue weighted by Gasteiger charge is 2.09. The molecule has 0 saturated heterocycles. The molecule has 0 unspecified atom stereocenters. The lowest BCUT2D eigenvalue weighted by Gasteiger charge is -2.12. The van der Waals surface area contributed by atoms with Gasteiger partial charge in [0.25, 0.3) is 5.91 Å². The first-order valence-corrected chi connectivity index (χ1v) is 8.00. The van der Waals surface area contributed by atoms with E-state index in [0.29, 0.717) is 16.5 Å². The molecule has 0 bridgehead atoms. The van der Waals surface area contributed by atoms with Gasteiger partial charge in [0.15, 0.2) is 6.61 Å². The van der Waals surface area contributed by atoms with Crippen molar-refractivity contribution in [3.05, 3.63) is 56.5 Å². The van der Waals surface area contributed by atoms with Crippen LogP contribution in [0.3, 0.4) is 0 Å². The number of carbonyl (C=O) groups excluding carboxylic acids is 1. The second kappa shape index (κ2) is 7.16. The van der Waals surface area contributed by atoms with Crippen LogP contribution >= 0.6 is 27.5 Å². The first-order chi connectivity index (χ1) is 10.4. The molecule has 0 aliphatic carbocycles. The molecule has 2 aromatic rings. The zero-order valence-electron chi connectivity index (χ0n) is 12.7. The Morgan fingerprint density at radius 1 is 1.23 bits per heavy atom. The van der Waals surface area contributed by atoms with E-state index in [-0.39, 0.29) is 12.5 Å². The second-order valence-corrected chi connectivity index (χ2v) is 6.32. The highest BCUT2D eigenvalue weighted by atomic mass is 79.9. The van der Waals surface area contributed by atoms with Gasteiger partial charge in [0, 0.05) is 15.2 Å². The number of amides is 1. The second-order valence-electron chi connectivity index (χ2n) is 5.12. The van der Waals surface area contributed by atoms with Crippen molar-refractivity contribution < 1.29 is 9.53 Å². The van der Waals surface area contributed by atoms with Crippen LogP contribution < -0.4 is 10.1 Å². The standard InChI is InChI=1S/C17H17BrClNO2/c1-10-7-13(8-11(2)17(10)18)22-9-16(21)20-15-6-4-5-14(19)12(15)3/h4-8H,9H2,1-3H3,(H,20,21). The van der Waals surface area contributed by atoms with Gasteiger partial charge in [-0.25, -0.2) is 0 Å². The van der Waals surface area contributed by atoms with Crippen LogP contribution in [0.4, 0.5) is 5.69 Å². The topological polar surface area (TPSA) is 38.3 Å². The molecule has 0 spiro atoms. The molecule has 5 heteroatoms. The van der Waals surface area contributed by atoms with Gasteiger partial charge in [-0.05, 0) is 61.7 Å². The van der Waals surface area contributed by atoms with Gasteiger partial charge in [-0.15, -0.1) is 0 Å². The summed E-state index contributed by atoms with van der Waals surface area (Å²) in [5, 5.41) is 3.43. The summed E-state index contributed by atoms with van der Waals surface area (Å²) in [5.74, 6) is 0.458. The van der Waals surface area contributed by atoms with Crippen molar-refractivity contribution >= 4 is 39.1 Å². The van der Waals surface area contributed by atoms with E-state index in [0.717, 1.165) is 21.2 Å². The van der Waals surface area contributed by atoms with Crippen LogP contribution in [-0.2, 0) is 4.79 Å². The lowest BCUT2D eigenvalue weighted by Crippen LogP contribution is -2.20. The lowest BCUT2D eigenvalue weighted by atomic mass is 10.1. The number of hydrogen-bond acceptors (Lipinski definition) is 2. The highest BCUT2D eigenvalue weighted by molar-refractivity contribution is 9.10. The number of rotatable bonds is 4. The molecule has 3 nitrogen and oxygen atoms in total. The minimum absolute atomic E-state index is 0.0491. The third kappa shape index (κ3) is 4.02. The maximum absolute atomic E-state index is 12.0. The molecule has 2 rings (SSSR count). The molecular weight excluding hydrogens is 366 g/mol. The maximum atomic E-state index is 12.0. The fraction of sp³-hybridized carbons (Fsp3) is 0.235. The smallest absolute Gasteiger partial charge is 0.262 e. The van der Waals surface area contributed by atoms with Crippen molar-refractivity contribution in [2.45, 2.75) is 20.8 Å². The SMILES string of the molecule is Cc1cc(OCC(=O)Nc2cccc(Cl)c2C)cc(C)c1Br. The monoisotopic (exact) mass is 381 g/mol. The largest absolute Gasteiger partial charge is 0.484 e. The molecule has 0 aliphatic rings. The zero-order chi connectivity index (χ0) is 16.3. The highest BCUT2D eigenvalue weighted by Crippen LogP contribution is 2.26. The van der Waals surface area contributed by atoms with E-state index in [1.54, 1.807) is 12.1 Å². The summed E-state index contributed by atoms with van der Waals surface area (Å²) in [7, 11) is 0. The van der Waals surface area contributed by atoms with Gasteiger partial charge >= 0.3 is 0 Å². The number of halogens is 2. The number of hydrogen-bond donors (Lipinski definition) is 1. The van der Waals surface area contributed by atoms with Gasteiger partial charge in [-0.2, -0.15) is 0 Å². The number of anilines is 1. The summed E-state index contributed by atoms with van der Waals surface area (Å²) < 4.78 is 6.62. The Morgan fingerprint density at radius 3 is 2.50 bits per heavy atom. The molecule has 0 saturated carbocycles. The van der Waals surface area contributed by atoms with Crippen molar-refractivity contribution in [2.24, 2.45) is 0 Å². The van der Waals surface area contributed by atoms with Crippen LogP contribution in [0.1, 0.15) is 16.7 Å². The molecule has 0 aromatic heterocycles. The average Bonchev–Trinajstić information content (AvgIpc) is 2.47. The van der Waals surface area contributed by atoms with Gasteiger partial charge < -0.3 is 10.1 Å². The normalized spacial score (nSPS) is 10.4. The summed E-state index contributed by atoms with van der Waals surface area (Å²) in [6.07, 6.45) is 0. The van der Waals surface area contributed by atoms with Gasteiger partial charge in [0.1, 0.15) is 5.75 Å². The van der Waals surface area contributed by atoms with Gasteiger partial charge in [-0.3, -0.25) is 4.79 Å². The fourth-order valence-electron chi connectivity index (χ4n) is 2.07. The number of ether oxygens (including phenoxy) is 1. The third-order valence-electron chi connectivity index (χ3n) is 3.32. The molecule has 0 fully saturated rings. The summed E-state index contributed by atoms with van der Waals surface area (Å²) in [5.41, 5.74) is 3.68. The molecule has 0 heterocycles. The zero-order valence-corrected chi connectivity index (χ0v) is 15.0. The van der Waals surface area contributed by atoms with Crippen molar-refractivity contribution in [1.82, 2.24) is 0 Å². The molecule has 1 amide bonds. The van der Waals surface area contributed by atoms with Gasteiger partial charge in [0.2, 0.25) is 0 Å². The number of aryl methyl sites for hydroxylation is 2. The first kappa shape index (κ1) is 16.8. The van der Waals surface area contributed by atoms with Crippen LogP contribution in [-0.4, -0.2) is 12.5 Å². The summed E-state index contributed by atoms with van der Waals surface area (Å²) in [6.45, 7) is 5.78. The maximum Gasteiger partial charge on any atom is 0.262 e. The predicted octanol–water partition coefficient (Wildman–Crippen LogP) is 5.05. The van der Waals surface area contributed by atoms with Gasteiger partial charge in [-0.1, -0.05) is 33.6 Å². The average molecular weight is 383 g/mol. The Kier molecular flexibility index (Phi) is 5.48. The predicted molar refractivity (Wildman–Crippen MR) is 93.9 cm³/mol. The molecule has 2 aromatic carbocycles. The van der Waals surface area contributed by atoms with E-state index in [9.17, 15) is 4.79 Å². The summed E-state index contributed by atoms with van der Waals surface area (Å²) in [6, 6.07) is 9.20. The van der Waals surface area contributed by atoms with Crippen LogP contribution in [0.2, 0.25) is 5.02 Å². The summed E-state index contributed by atoms with van der Waals surface area (Å²) >= 11 is 9.54. The van der Waals surface area contributed by atoms with Crippen molar-refractivity contribution in [3.63, 3.8) is 0 Å². The Hall–Kier alpha value is -1.52. The molecule has 0 radical (unpaired) electrons. The van der Waals surface area contributed by atoms with Crippen molar-refractivity contribution in [1.29, 1.82) is 0 Å². The Morgan fingerprint density at radius 2 is 1.86 bits per heavy atom. The Bertz CT molecular complexity index is 693. The van der Waals surface area contributed by atoms with Crippen molar-refractivity contribution in [2.75, 3.05) is 11.9 Å². The summed E-state index contributed by atoms with van der Waals surface area (Å²) in [4.78, 5) is 12.0. The van der Waals surface area contributed by atoms with E-state index in [1.165, 1.54) is 0 Å². The van der Waals surface area contributed by atoms with E-state index in [4.69, 9.17) is 16.3 Å².